The molecule has 0 saturated carbocycles. The number of nitrogens with zero attached hydrogens (tertiary/aromatic N) is 1. The molecule has 0 aliphatic carbocycles. The van der Waals surface area contributed by atoms with Gasteiger partial charge in [-0.3, -0.25) is 4.90 Å². The minimum absolute atomic E-state index is 0.0851. The summed E-state index contributed by atoms with van der Waals surface area (Å²) in [7, 11) is 1.84. The van der Waals surface area contributed by atoms with Crippen LogP contribution in [0.15, 0.2) is 0 Å². The van der Waals surface area contributed by atoms with Gasteiger partial charge in [0.25, 0.3) is 0 Å². The Morgan fingerprint density at radius 3 is 2.12 bits per heavy atom. The van der Waals surface area contributed by atoms with Gasteiger partial charge in [-0.05, 0) is 13.0 Å². The van der Waals surface area contributed by atoms with E-state index in [1.165, 1.54) is 0 Å². The van der Waals surface area contributed by atoms with Gasteiger partial charge < -0.3 is 0 Å². The van der Waals surface area contributed by atoms with E-state index in [2.05, 4.69) is 13.8 Å². The lowest BCUT2D eigenvalue weighted by Crippen LogP contribution is -2.23. The maximum absolute atomic E-state index is 10.1. The van der Waals surface area contributed by atoms with Crippen LogP contribution in [0.25, 0.3) is 0 Å². The predicted molar refractivity (Wildman–Crippen MR) is 33.0 cm³/mol. The van der Waals surface area contributed by atoms with E-state index in [0.717, 1.165) is 6.54 Å². The van der Waals surface area contributed by atoms with E-state index in [0.29, 0.717) is 5.92 Å². The first-order valence-electron chi connectivity index (χ1n) is 2.93. The molecule has 0 unspecified atom stereocenters. The zero-order valence-electron chi connectivity index (χ0n) is 5.85. The van der Waals surface area contributed by atoms with Crippen molar-refractivity contribution in [3.05, 3.63) is 0 Å². The van der Waals surface area contributed by atoms with Crippen molar-refractivity contribution in [2.75, 3.05) is 20.3 Å². The van der Waals surface area contributed by atoms with Gasteiger partial charge in [-0.25, -0.2) is 5.11 Å². The Kier molecular flexibility index (Phi) is 3.83. The summed E-state index contributed by atoms with van der Waals surface area (Å²) in [5.74, 6) is 0.606. The molecule has 1 radical (unpaired) electrons. The lowest BCUT2D eigenvalue weighted by molar-refractivity contribution is 0.0624. The van der Waals surface area contributed by atoms with Gasteiger partial charge in [0.05, 0.1) is 0 Å². The molecule has 0 aliphatic heterocycles. The molecule has 0 N–H and O–H groups in total. The van der Waals surface area contributed by atoms with Gasteiger partial charge in [-0.2, -0.15) is 0 Å². The van der Waals surface area contributed by atoms with Gasteiger partial charge in [0.15, 0.2) is 0 Å². The molecule has 0 heterocycles. The summed E-state index contributed by atoms with van der Waals surface area (Å²) in [6, 6.07) is 0. The number of hydrogen-bond donors (Lipinski definition) is 0. The maximum atomic E-state index is 10.1. The molecule has 0 amide bonds. The van der Waals surface area contributed by atoms with Crippen molar-refractivity contribution in [1.82, 2.24) is 4.90 Å². The fourth-order valence-electron chi connectivity index (χ4n) is 0.676. The fourth-order valence-corrected chi connectivity index (χ4v) is 0.676. The van der Waals surface area contributed by atoms with E-state index in [-0.39, 0.29) is 6.73 Å². The van der Waals surface area contributed by atoms with Crippen molar-refractivity contribution >= 4 is 0 Å². The van der Waals surface area contributed by atoms with Gasteiger partial charge >= 0.3 is 0 Å². The molecule has 0 spiro atoms. The Bertz CT molecular complexity index is 54.5. The van der Waals surface area contributed by atoms with Crippen LogP contribution in [0.5, 0.6) is 0 Å². The van der Waals surface area contributed by atoms with E-state index in [1.807, 2.05) is 7.05 Å². The predicted octanol–water partition coefficient (Wildman–Crippen LogP) is 0.962. The summed E-state index contributed by atoms with van der Waals surface area (Å²) in [6.07, 6.45) is 0. The molecular weight excluding hydrogens is 102 g/mol. The van der Waals surface area contributed by atoms with Crippen LogP contribution in [-0.4, -0.2) is 25.2 Å². The van der Waals surface area contributed by atoms with Crippen molar-refractivity contribution in [3.8, 4) is 0 Å². The number of hydrogen-bond acceptors (Lipinski definition) is 1. The Morgan fingerprint density at radius 2 is 2.00 bits per heavy atom. The van der Waals surface area contributed by atoms with Gasteiger partial charge in [-0.15, -0.1) is 0 Å². The maximum Gasteiger partial charge on any atom is 0.135 e. The highest BCUT2D eigenvalue weighted by Crippen LogP contribution is 1.92. The van der Waals surface area contributed by atoms with E-state index >= 15 is 0 Å². The smallest absolute Gasteiger partial charge is 0.135 e. The van der Waals surface area contributed by atoms with Gasteiger partial charge in [0.1, 0.15) is 6.73 Å². The highest BCUT2D eigenvalue weighted by Gasteiger charge is 1.97. The van der Waals surface area contributed by atoms with E-state index in [4.69, 9.17) is 0 Å². The Hall–Kier alpha value is -0.0800. The molecular formula is C6H14NO. The second-order valence-electron chi connectivity index (χ2n) is 2.56. The Morgan fingerprint density at radius 1 is 1.50 bits per heavy atom. The van der Waals surface area contributed by atoms with Crippen LogP contribution in [0.2, 0.25) is 0 Å². The summed E-state index contributed by atoms with van der Waals surface area (Å²) >= 11 is 0. The largest absolute Gasteiger partial charge is 0.281 e. The second kappa shape index (κ2) is 3.87. The second-order valence-corrected chi connectivity index (χ2v) is 2.56. The van der Waals surface area contributed by atoms with E-state index < -0.39 is 0 Å². The van der Waals surface area contributed by atoms with Crippen molar-refractivity contribution in [3.63, 3.8) is 0 Å². The minimum Gasteiger partial charge on any atom is -0.281 e. The van der Waals surface area contributed by atoms with Crippen LogP contribution >= 0.6 is 0 Å². The van der Waals surface area contributed by atoms with Crippen LogP contribution in [0.3, 0.4) is 0 Å². The van der Waals surface area contributed by atoms with E-state index in [1.54, 1.807) is 4.90 Å². The molecule has 0 saturated heterocycles. The zero-order chi connectivity index (χ0) is 6.57. The van der Waals surface area contributed by atoms with Crippen LogP contribution in [0.1, 0.15) is 13.8 Å². The third kappa shape index (κ3) is 4.09. The molecule has 8 heavy (non-hydrogen) atoms. The minimum atomic E-state index is -0.0851. The molecule has 0 atom stereocenters. The topological polar surface area (TPSA) is 23.1 Å². The third-order valence-electron chi connectivity index (χ3n) is 0.897. The summed E-state index contributed by atoms with van der Waals surface area (Å²) in [4.78, 5) is 1.77. The average Bonchev–Trinajstić information content (AvgIpc) is 1.65. The Labute approximate surface area is 51.1 Å². The summed E-state index contributed by atoms with van der Waals surface area (Å²) < 4.78 is 0. The zero-order valence-corrected chi connectivity index (χ0v) is 5.85. The van der Waals surface area contributed by atoms with Gasteiger partial charge in [0.2, 0.25) is 0 Å². The first-order valence-corrected chi connectivity index (χ1v) is 2.93. The molecule has 2 heteroatoms. The normalized spacial score (nSPS) is 11.2. The molecule has 49 valence electrons. The SMILES string of the molecule is CC(C)CN(C)C[O]. The average molecular weight is 116 g/mol. The third-order valence-corrected chi connectivity index (χ3v) is 0.897. The van der Waals surface area contributed by atoms with Crippen molar-refractivity contribution < 1.29 is 5.11 Å². The van der Waals surface area contributed by atoms with Crippen molar-refractivity contribution in [2.24, 2.45) is 5.92 Å². The van der Waals surface area contributed by atoms with Gasteiger partial charge in [0, 0.05) is 6.54 Å². The monoisotopic (exact) mass is 116 g/mol. The highest BCUT2D eigenvalue weighted by atomic mass is 16.3. The molecule has 0 aromatic heterocycles. The number of rotatable bonds is 3. The summed E-state index contributed by atoms with van der Waals surface area (Å²) in [6.45, 7) is 5.03. The molecule has 0 aromatic rings. The highest BCUT2D eigenvalue weighted by molar-refractivity contribution is 4.47. The molecule has 0 aliphatic rings. The lowest BCUT2D eigenvalue weighted by Gasteiger charge is -2.13. The first-order chi connectivity index (χ1) is 3.66. The van der Waals surface area contributed by atoms with E-state index in [9.17, 15) is 5.11 Å². The molecule has 0 aromatic carbocycles. The summed E-state index contributed by atoms with van der Waals surface area (Å²) in [5, 5.41) is 10.1. The molecule has 0 fully saturated rings. The van der Waals surface area contributed by atoms with Crippen LogP contribution in [0, 0.1) is 5.92 Å². The molecule has 2 nitrogen and oxygen atoms in total. The van der Waals surface area contributed by atoms with Crippen LogP contribution in [0.4, 0.5) is 0 Å². The van der Waals surface area contributed by atoms with Gasteiger partial charge in [-0.1, -0.05) is 13.8 Å². The van der Waals surface area contributed by atoms with Crippen LogP contribution < -0.4 is 0 Å². The van der Waals surface area contributed by atoms with Crippen LogP contribution in [-0.2, 0) is 5.11 Å². The molecule has 0 rings (SSSR count). The molecule has 0 bridgehead atoms. The van der Waals surface area contributed by atoms with Crippen molar-refractivity contribution in [1.29, 1.82) is 0 Å². The fraction of sp³-hybridized carbons (Fsp3) is 1.00. The Balaban J connectivity index is 3.10. The first kappa shape index (κ1) is 7.92. The van der Waals surface area contributed by atoms with Crippen molar-refractivity contribution in [2.45, 2.75) is 13.8 Å². The standard InChI is InChI=1S/C6H14NO/c1-6(2)4-7(3)5-8/h6H,4-5H2,1-3H3. The quantitative estimate of drug-likeness (QED) is 0.504. The summed E-state index contributed by atoms with van der Waals surface area (Å²) in [5.41, 5.74) is 0. The lowest BCUT2D eigenvalue weighted by atomic mass is 10.2.